The van der Waals surface area contributed by atoms with Gasteiger partial charge in [0.05, 0.1) is 0 Å². The van der Waals surface area contributed by atoms with E-state index >= 15 is 0 Å². The Morgan fingerprint density at radius 3 is 2.12 bits per heavy atom. The zero-order chi connectivity index (χ0) is 25.3. The first-order valence-corrected chi connectivity index (χ1v) is 11.9. The van der Waals surface area contributed by atoms with Crippen molar-refractivity contribution < 1.29 is 19.1 Å². The fraction of sp³-hybridized carbons (Fsp3) is 0.654. The Bertz CT molecular complexity index is 794. The van der Waals surface area contributed by atoms with Crippen LogP contribution in [-0.2, 0) is 14.3 Å². The van der Waals surface area contributed by atoms with Gasteiger partial charge in [0.2, 0.25) is 11.8 Å². The second-order valence-electron chi connectivity index (χ2n) is 10.0. The molecule has 0 fully saturated rings. The molecule has 1 rings (SSSR count). The molecule has 7 nitrogen and oxygen atoms in total. The Labute approximate surface area is 199 Å². The van der Waals surface area contributed by atoms with Crippen molar-refractivity contribution in [2.24, 2.45) is 5.92 Å². The lowest BCUT2D eigenvalue weighted by atomic mass is 9.93. The van der Waals surface area contributed by atoms with E-state index in [2.05, 4.69) is 17.6 Å². The second kappa shape index (κ2) is 12.6. The van der Waals surface area contributed by atoms with Crippen LogP contribution in [0.1, 0.15) is 83.5 Å². The van der Waals surface area contributed by atoms with Gasteiger partial charge in [0, 0.05) is 13.6 Å². The van der Waals surface area contributed by atoms with Gasteiger partial charge in [-0.25, -0.2) is 4.79 Å². The van der Waals surface area contributed by atoms with Gasteiger partial charge in [-0.1, -0.05) is 51.8 Å². The Balaban J connectivity index is 3.25. The first-order chi connectivity index (χ1) is 15.3. The van der Waals surface area contributed by atoms with Crippen molar-refractivity contribution in [3.8, 4) is 0 Å². The maximum atomic E-state index is 13.6. The Morgan fingerprint density at radius 1 is 1.06 bits per heavy atom. The van der Waals surface area contributed by atoms with E-state index in [1.807, 2.05) is 45.9 Å². The highest BCUT2D eigenvalue weighted by Crippen LogP contribution is 2.28. The standard InChI is InChI=1S/C26H43N3O4/c1-10-11-12-16-27-23(30)22(20-18(4)14-13-15-19(20)5)29(9)24(31)21(17(2)3)28-25(32)33-26(6,7)8/h13-15,17,21-22H,10-12,16H2,1-9H3,(H,27,30)(H,28,32). The van der Waals surface area contributed by atoms with E-state index < -0.39 is 23.8 Å². The number of nitrogens with one attached hydrogen (secondary N) is 2. The minimum absolute atomic E-state index is 0.196. The fourth-order valence-corrected chi connectivity index (χ4v) is 3.74. The number of aryl methyl sites for hydroxylation is 2. The Morgan fingerprint density at radius 2 is 1.64 bits per heavy atom. The largest absolute Gasteiger partial charge is 0.444 e. The summed E-state index contributed by atoms with van der Waals surface area (Å²) in [6.45, 7) is 15.6. The molecule has 0 bridgehead atoms. The van der Waals surface area contributed by atoms with Gasteiger partial charge in [0.25, 0.3) is 0 Å². The van der Waals surface area contributed by atoms with Gasteiger partial charge in [-0.2, -0.15) is 0 Å². The van der Waals surface area contributed by atoms with Gasteiger partial charge >= 0.3 is 6.09 Å². The van der Waals surface area contributed by atoms with E-state index in [1.165, 1.54) is 4.90 Å². The average Bonchev–Trinajstić information content (AvgIpc) is 2.69. The van der Waals surface area contributed by atoms with E-state index in [9.17, 15) is 14.4 Å². The molecule has 0 spiro atoms. The van der Waals surface area contributed by atoms with Crippen LogP contribution in [0.15, 0.2) is 18.2 Å². The predicted octanol–water partition coefficient (Wildman–Crippen LogP) is 4.66. The summed E-state index contributed by atoms with van der Waals surface area (Å²) in [7, 11) is 1.62. The smallest absolute Gasteiger partial charge is 0.408 e. The molecule has 2 N–H and O–H groups in total. The van der Waals surface area contributed by atoms with Gasteiger partial charge in [-0.05, 0) is 63.6 Å². The zero-order valence-electron chi connectivity index (χ0n) is 21.9. The number of unbranched alkanes of at least 4 members (excludes halogenated alkanes) is 2. The molecule has 0 aromatic heterocycles. The molecule has 1 aromatic carbocycles. The lowest BCUT2D eigenvalue weighted by Crippen LogP contribution is -2.53. The molecular formula is C26H43N3O4. The number of ether oxygens (including phenoxy) is 1. The van der Waals surface area contributed by atoms with Gasteiger partial charge < -0.3 is 20.3 Å². The minimum Gasteiger partial charge on any atom is -0.444 e. The van der Waals surface area contributed by atoms with Crippen molar-refractivity contribution in [1.29, 1.82) is 0 Å². The van der Waals surface area contributed by atoms with Gasteiger partial charge in [-0.3, -0.25) is 9.59 Å². The number of carbonyl (C=O) groups excluding carboxylic acids is 3. The van der Waals surface area contributed by atoms with Crippen LogP contribution in [0.3, 0.4) is 0 Å². The number of carbonyl (C=O) groups is 3. The van der Waals surface area contributed by atoms with Crippen LogP contribution in [0.4, 0.5) is 4.79 Å². The van der Waals surface area contributed by atoms with E-state index in [4.69, 9.17) is 4.74 Å². The molecule has 0 aliphatic heterocycles. The van der Waals surface area contributed by atoms with Crippen LogP contribution in [-0.4, -0.2) is 48.0 Å². The Kier molecular flexibility index (Phi) is 10.9. The maximum Gasteiger partial charge on any atom is 0.408 e. The van der Waals surface area contributed by atoms with Crippen molar-refractivity contribution in [3.63, 3.8) is 0 Å². The molecule has 0 radical (unpaired) electrons. The number of hydrogen-bond acceptors (Lipinski definition) is 4. The molecule has 0 aliphatic carbocycles. The van der Waals surface area contributed by atoms with Crippen LogP contribution in [0.25, 0.3) is 0 Å². The van der Waals surface area contributed by atoms with E-state index in [1.54, 1.807) is 27.8 Å². The molecular weight excluding hydrogens is 418 g/mol. The van der Waals surface area contributed by atoms with Crippen molar-refractivity contribution in [2.75, 3.05) is 13.6 Å². The van der Waals surface area contributed by atoms with Crippen LogP contribution in [0.5, 0.6) is 0 Å². The summed E-state index contributed by atoms with van der Waals surface area (Å²) in [6, 6.07) is 4.19. The third-order valence-electron chi connectivity index (χ3n) is 5.48. The number of likely N-dealkylation sites (N-methyl/N-ethyl adjacent to an activating group) is 1. The van der Waals surface area contributed by atoms with Crippen LogP contribution < -0.4 is 10.6 Å². The minimum atomic E-state index is -0.829. The third kappa shape index (κ3) is 8.71. The first-order valence-electron chi connectivity index (χ1n) is 11.9. The highest BCUT2D eigenvalue weighted by molar-refractivity contribution is 5.92. The summed E-state index contributed by atoms with van der Waals surface area (Å²) < 4.78 is 5.36. The normalized spacial score (nSPS) is 13.3. The monoisotopic (exact) mass is 461 g/mol. The number of alkyl carbamates (subject to hydrolysis) is 1. The molecule has 2 unspecified atom stereocenters. The molecule has 2 atom stereocenters. The average molecular weight is 462 g/mol. The number of nitrogens with zero attached hydrogens (tertiary/aromatic N) is 1. The third-order valence-corrected chi connectivity index (χ3v) is 5.48. The fourth-order valence-electron chi connectivity index (χ4n) is 3.74. The quantitative estimate of drug-likeness (QED) is 0.496. The highest BCUT2D eigenvalue weighted by Gasteiger charge is 2.36. The van der Waals surface area contributed by atoms with Gasteiger partial charge in [0.15, 0.2) is 0 Å². The lowest BCUT2D eigenvalue weighted by Gasteiger charge is -2.34. The summed E-state index contributed by atoms with van der Waals surface area (Å²) in [5.41, 5.74) is 2.00. The molecule has 33 heavy (non-hydrogen) atoms. The summed E-state index contributed by atoms with van der Waals surface area (Å²) in [5, 5.41) is 5.71. The number of benzene rings is 1. The molecule has 1 aromatic rings. The number of hydrogen-bond donors (Lipinski definition) is 2. The molecule has 0 heterocycles. The van der Waals surface area contributed by atoms with Crippen molar-refractivity contribution in [1.82, 2.24) is 15.5 Å². The number of rotatable bonds is 10. The molecule has 0 saturated heterocycles. The van der Waals surface area contributed by atoms with Crippen molar-refractivity contribution in [2.45, 2.75) is 92.3 Å². The van der Waals surface area contributed by atoms with Gasteiger partial charge in [-0.15, -0.1) is 0 Å². The lowest BCUT2D eigenvalue weighted by molar-refractivity contribution is -0.141. The van der Waals surface area contributed by atoms with E-state index in [-0.39, 0.29) is 17.7 Å². The molecule has 7 heteroatoms. The predicted molar refractivity (Wildman–Crippen MR) is 132 cm³/mol. The van der Waals surface area contributed by atoms with Crippen molar-refractivity contribution in [3.05, 3.63) is 34.9 Å². The SMILES string of the molecule is CCCCCNC(=O)C(c1c(C)cccc1C)N(C)C(=O)C(NC(=O)OC(C)(C)C)C(C)C. The first kappa shape index (κ1) is 28.5. The van der Waals surface area contributed by atoms with E-state index in [0.29, 0.717) is 6.54 Å². The summed E-state index contributed by atoms with van der Waals surface area (Å²) in [4.78, 5) is 40.8. The summed E-state index contributed by atoms with van der Waals surface area (Å²) in [5.74, 6) is -0.759. The Hall–Kier alpha value is -2.57. The second-order valence-corrected chi connectivity index (χ2v) is 10.0. The van der Waals surface area contributed by atoms with Crippen molar-refractivity contribution >= 4 is 17.9 Å². The maximum absolute atomic E-state index is 13.6. The van der Waals surface area contributed by atoms with Crippen LogP contribution in [0.2, 0.25) is 0 Å². The topological polar surface area (TPSA) is 87.7 Å². The summed E-state index contributed by atoms with van der Waals surface area (Å²) in [6.07, 6.45) is 2.31. The molecule has 186 valence electrons. The van der Waals surface area contributed by atoms with Crippen LogP contribution >= 0.6 is 0 Å². The molecule has 3 amide bonds. The van der Waals surface area contributed by atoms with Crippen LogP contribution in [0, 0.1) is 19.8 Å². The van der Waals surface area contributed by atoms with Gasteiger partial charge in [0.1, 0.15) is 17.7 Å². The zero-order valence-corrected chi connectivity index (χ0v) is 21.9. The number of amides is 3. The van der Waals surface area contributed by atoms with E-state index in [0.717, 1.165) is 36.0 Å². The molecule has 0 aliphatic rings. The molecule has 0 saturated carbocycles. The summed E-state index contributed by atoms with van der Waals surface area (Å²) >= 11 is 0. The highest BCUT2D eigenvalue weighted by atomic mass is 16.6.